The van der Waals surface area contributed by atoms with Crippen molar-refractivity contribution in [3.05, 3.63) is 70.2 Å². The predicted octanol–water partition coefficient (Wildman–Crippen LogP) is 1.56. The molecule has 22 heavy (non-hydrogen) atoms. The third kappa shape index (κ3) is 2.85. The van der Waals surface area contributed by atoms with Crippen molar-refractivity contribution in [1.29, 1.82) is 0 Å². The van der Waals surface area contributed by atoms with Crippen LogP contribution in [0, 0.1) is 6.92 Å². The fourth-order valence-electron chi connectivity index (χ4n) is 2.29. The first-order valence-corrected chi connectivity index (χ1v) is 6.82. The minimum absolute atomic E-state index is 0.175. The topological polar surface area (TPSA) is 87.7 Å². The van der Waals surface area contributed by atoms with Gasteiger partial charge < -0.3 is 10.3 Å². The second-order valence-corrected chi connectivity index (χ2v) is 4.89. The Morgan fingerprint density at radius 3 is 2.91 bits per heavy atom. The Bertz CT molecular complexity index is 897. The Morgan fingerprint density at radius 2 is 2.09 bits per heavy atom. The first kappa shape index (κ1) is 13.9. The van der Waals surface area contributed by atoms with Crippen LogP contribution in [0.1, 0.15) is 22.0 Å². The first-order valence-electron chi connectivity index (χ1n) is 6.82. The van der Waals surface area contributed by atoms with Gasteiger partial charge in [-0.15, -0.1) is 0 Å². The number of pyridine rings is 1. The SMILES string of the molecule is Cc1nc(CNC(=O)c2nccc3ccccc23)cc(=O)[nH]1. The number of nitrogens with zero attached hydrogens (tertiary/aromatic N) is 2. The van der Waals surface area contributed by atoms with Crippen LogP contribution >= 0.6 is 0 Å². The van der Waals surface area contributed by atoms with Crippen molar-refractivity contribution in [3.63, 3.8) is 0 Å². The standard InChI is InChI=1S/C16H14N4O2/c1-10-19-12(8-14(21)20-10)9-18-16(22)15-13-5-3-2-4-11(13)6-7-17-15/h2-8H,9H2,1H3,(H,18,22)(H,19,20,21). The fraction of sp³-hybridized carbons (Fsp3) is 0.125. The number of hydrogen-bond acceptors (Lipinski definition) is 4. The molecular formula is C16H14N4O2. The number of amides is 1. The summed E-state index contributed by atoms with van der Waals surface area (Å²) in [4.78, 5) is 34.6. The molecular weight excluding hydrogens is 280 g/mol. The summed E-state index contributed by atoms with van der Waals surface area (Å²) in [6, 6.07) is 10.8. The number of benzene rings is 1. The van der Waals surface area contributed by atoms with E-state index in [4.69, 9.17) is 0 Å². The number of aryl methyl sites for hydroxylation is 1. The molecule has 0 aliphatic rings. The fourth-order valence-corrected chi connectivity index (χ4v) is 2.29. The number of fused-ring (bicyclic) bond motifs is 1. The van der Waals surface area contributed by atoms with Gasteiger partial charge in [-0.05, 0) is 18.4 Å². The number of aromatic nitrogens is 3. The molecule has 0 unspecified atom stereocenters. The molecule has 6 nitrogen and oxygen atoms in total. The number of nitrogens with one attached hydrogen (secondary N) is 2. The summed E-state index contributed by atoms with van der Waals surface area (Å²) in [7, 11) is 0. The van der Waals surface area contributed by atoms with Crippen LogP contribution < -0.4 is 10.9 Å². The molecule has 0 bridgehead atoms. The highest BCUT2D eigenvalue weighted by Crippen LogP contribution is 2.16. The monoisotopic (exact) mass is 294 g/mol. The number of aromatic amines is 1. The predicted molar refractivity (Wildman–Crippen MR) is 82.5 cm³/mol. The summed E-state index contributed by atoms with van der Waals surface area (Å²) in [5.74, 6) is 0.219. The van der Waals surface area contributed by atoms with E-state index >= 15 is 0 Å². The summed E-state index contributed by atoms with van der Waals surface area (Å²) < 4.78 is 0. The van der Waals surface area contributed by atoms with Crippen molar-refractivity contribution in [2.24, 2.45) is 0 Å². The average molecular weight is 294 g/mol. The van der Waals surface area contributed by atoms with Gasteiger partial charge in [-0.3, -0.25) is 14.6 Å². The van der Waals surface area contributed by atoms with E-state index in [1.165, 1.54) is 6.07 Å². The Hall–Kier alpha value is -3.02. The van der Waals surface area contributed by atoms with Crippen molar-refractivity contribution in [3.8, 4) is 0 Å². The Labute approximate surface area is 126 Å². The van der Waals surface area contributed by atoms with E-state index in [1.54, 1.807) is 13.1 Å². The number of carbonyl (C=O) groups excluding carboxylic acids is 1. The molecule has 0 fully saturated rings. The second-order valence-electron chi connectivity index (χ2n) is 4.89. The molecule has 0 aliphatic carbocycles. The quantitative estimate of drug-likeness (QED) is 0.767. The second kappa shape index (κ2) is 5.77. The van der Waals surface area contributed by atoms with Crippen LogP contribution in [0.25, 0.3) is 10.8 Å². The highest BCUT2D eigenvalue weighted by Gasteiger charge is 2.11. The van der Waals surface area contributed by atoms with Gasteiger partial charge in [0.25, 0.3) is 11.5 Å². The van der Waals surface area contributed by atoms with Gasteiger partial charge in [-0.25, -0.2) is 4.98 Å². The van der Waals surface area contributed by atoms with Gasteiger partial charge in [0.2, 0.25) is 0 Å². The number of H-pyrrole nitrogens is 1. The van der Waals surface area contributed by atoms with Gasteiger partial charge in [0, 0.05) is 17.6 Å². The number of rotatable bonds is 3. The van der Waals surface area contributed by atoms with Crippen LogP contribution in [0.15, 0.2) is 47.4 Å². The van der Waals surface area contributed by atoms with E-state index in [0.29, 0.717) is 17.2 Å². The molecule has 2 aromatic heterocycles. The maximum absolute atomic E-state index is 12.3. The maximum atomic E-state index is 12.3. The number of hydrogen-bond donors (Lipinski definition) is 2. The molecule has 1 aromatic carbocycles. The van der Waals surface area contributed by atoms with Crippen LogP contribution in [-0.4, -0.2) is 20.9 Å². The summed E-state index contributed by atoms with van der Waals surface area (Å²) in [5.41, 5.74) is 0.634. The lowest BCUT2D eigenvalue weighted by molar-refractivity contribution is 0.0947. The van der Waals surface area contributed by atoms with Crippen molar-refractivity contribution in [2.75, 3.05) is 0 Å². The lowest BCUT2D eigenvalue weighted by Crippen LogP contribution is -2.25. The average Bonchev–Trinajstić information content (AvgIpc) is 2.51. The van der Waals surface area contributed by atoms with Crippen LogP contribution in [-0.2, 0) is 6.54 Å². The van der Waals surface area contributed by atoms with Gasteiger partial charge in [-0.1, -0.05) is 24.3 Å². The first-order chi connectivity index (χ1) is 10.6. The lowest BCUT2D eigenvalue weighted by Gasteiger charge is -2.07. The van der Waals surface area contributed by atoms with Crippen LogP contribution in [0.4, 0.5) is 0 Å². The van der Waals surface area contributed by atoms with Crippen LogP contribution in [0.5, 0.6) is 0 Å². The molecule has 3 aromatic rings. The maximum Gasteiger partial charge on any atom is 0.270 e. The molecule has 3 rings (SSSR count). The van der Waals surface area contributed by atoms with E-state index in [1.807, 2.05) is 30.3 Å². The van der Waals surface area contributed by atoms with Gasteiger partial charge >= 0.3 is 0 Å². The highest BCUT2D eigenvalue weighted by molar-refractivity contribution is 6.05. The molecule has 0 saturated heterocycles. The Morgan fingerprint density at radius 1 is 1.27 bits per heavy atom. The van der Waals surface area contributed by atoms with Crippen molar-refractivity contribution in [2.45, 2.75) is 13.5 Å². The molecule has 2 heterocycles. The van der Waals surface area contributed by atoms with Crippen LogP contribution in [0.3, 0.4) is 0 Å². The van der Waals surface area contributed by atoms with Crippen molar-refractivity contribution < 1.29 is 4.79 Å². The Balaban J connectivity index is 1.83. The highest BCUT2D eigenvalue weighted by atomic mass is 16.2. The Kier molecular flexibility index (Phi) is 3.65. The van der Waals surface area contributed by atoms with Crippen molar-refractivity contribution in [1.82, 2.24) is 20.3 Å². The zero-order chi connectivity index (χ0) is 15.5. The largest absolute Gasteiger partial charge is 0.345 e. The van der Waals surface area contributed by atoms with Crippen molar-refractivity contribution >= 4 is 16.7 Å². The van der Waals surface area contributed by atoms with E-state index in [9.17, 15) is 9.59 Å². The summed E-state index contributed by atoms with van der Waals surface area (Å²) in [6.07, 6.45) is 1.60. The summed E-state index contributed by atoms with van der Waals surface area (Å²) in [6.45, 7) is 1.87. The minimum Gasteiger partial charge on any atom is -0.345 e. The van der Waals surface area contributed by atoms with Crippen LogP contribution in [0.2, 0.25) is 0 Å². The lowest BCUT2D eigenvalue weighted by atomic mass is 10.1. The van der Waals surface area contributed by atoms with Gasteiger partial charge in [0.1, 0.15) is 11.5 Å². The van der Waals surface area contributed by atoms with Gasteiger partial charge in [0.05, 0.1) is 12.2 Å². The smallest absolute Gasteiger partial charge is 0.270 e. The molecule has 1 amide bonds. The third-order valence-corrected chi connectivity index (χ3v) is 3.23. The van der Waals surface area contributed by atoms with Gasteiger partial charge in [0.15, 0.2) is 0 Å². The molecule has 2 N–H and O–H groups in total. The molecule has 0 saturated carbocycles. The zero-order valence-electron chi connectivity index (χ0n) is 12.0. The number of carbonyl (C=O) groups is 1. The molecule has 110 valence electrons. The van der Waals surface area contributed by atoms with E-state index < -0.39 is 0 Å². The summed E-state index contributed by atoms with van der Waals surface area (Å²) >= 11 is 0. The third-order valence-electron chi connectivity index (χ3n) is 3.23. The molecule has 0 aliphatic heterocycles. The normalized spacial score (nSPS) is 10.6. The minimum atomic E-state index is -0.295. The summed E-state index contributed by atoms with van der Waals surface area (Å²) in [5, 5.41) is 4.49. The molecule has 0 radical (unpaired) electrons. The molecule has 6 heteroatoms. The van der Waals surface area contributed by atoms with Gasteiger partial charge in [-0.2, -0.15) is 0 Å². The van der Waals surface area contributed by atoms with E-state index in [0.717, 1.165) is 10.8 Å². The molecule has 0 atom stereocenters. The van der Waals surface area contributed by atoms with E-state index in [2.05, 4.69) is 20.3 Å². The molecule has 0 spiro atoms. The zero-order valence-corrected chi connectivity index (χ0v) is 12.0. The van der Waals surface area contributed by atoms with E-state index in [-0.39, 0.29) is 18.0 Å².